The first-order chi connectivity index (χ1) is 18.8. The average Bonchev–Trinajstić information content (AvgIpc) is 2.86. The first kappa shape index (κ1) is 31.2. The van der Waals surface area contributed by atoms with Crippen LogP contribution in [0.2, 0.25) is 0 Å². The number of hydrogen-bond acceptors (Lipinski definition) is 14. The van der Waals surface area contributed by atoms with Gasteiger partial charge in [-0.3, -0.25) is 9.11 Å². The molecule has 0 aliphatic carbocycles. The quantitative estimate of drug-likeness (QED) is 0.267. The van der Waals surface area contributed by atoms with E-state index in [0.29, 0.717) is 0 Å². The summed E-state index contributed by atoms with van der Waals surface area (Å²) in [4.78, 5) is 15.0. The van der Waals surface area contributed by atoms with Gasteiger partial charge in [-0.05, 0) is 18.2 Å². The molecule has 2 saturated heterocycles. The summed E-state index contributed by atoms with van der Waals surface area (Å²) < 4.78 is 117. The lowest BCUT2D eigenvalue weighted by Gasteiger charge is -2.35. The summed E-state index contributed by atoms with van der Waals surface area (Å²) in [5, 5.41) is 2.57. The van der Waals surface area contributed by atoms with Crippen molar-refractivity contribution in [3.05, 3.63) is 18.2 Å². The fraction of sp³-hybridized carbons (Fsp3) is 0.526. The predicted molar refractivity (Wildman–Crippen MR) is 146 cm³/mol. The lowest BCUT2D eigenvalue weighted by Crippen LogP contribution is -2.50. The van der Waals surface area contributed by atoms with Gasteiger partial charge in [0, 0.05) is 52.4 Å². The van der Waals surface area contributed by atoms with Gasteiger partial charge in [-0.15, -0.1) is 0 Å². The van der Waals surface area contributed by atoms with Gasteiger partial charge in [-0.2, -0.15) is 40.4 Å². The van der Waals surface area contributed by atoms with Gasteiger partial charge in [0.05, 0.1) is 23.1 Å². The molecule has 2 aromatic rings. The van der Waals surface area contributed by atoms with Crippen molar-refractivity contribution in [3.63, 3.8) is 0 Å². The maximum absolute atomic E-state index is 12.0. The molecule has 228 valence electrons. The van der Waals surface area contributed by atoms with Gasteiger partial charge in [0.2, 0.25) is 37.9 Å². The SMILES string of the molecule is CS(=O)(=O)N1CCN(c2nc(Nc3cc(S(=O)(=O)O)ccc3S(=O)(=O)O)nc(N3CCN(S(C)(=O)=O)CC3)n2)CC1. The molecule has 2 aliphatic heterocycles. The van der Waals surface area contributed by atoms with Gasteiger partial charge in [0.1, 0.15) is 4.90 Å². The zero-order chi connectivity index (χ0) is 30.4. The Morgan fingerprint density at radius 2 is 1.10 bits per heavy atom. The molecule has 0 saturated carbocycles. The zero-order valence-corrected chi connectivity index (χ0v) is 25.1. The third-order valence-corrected chi connectivity index (χ3v) is 10.7. The Hall–Kier alpha value is -2.73. The van der Waals surface area contributed by atoms with Crippen molar-refractivity contribution < 1.29 is 42.8 Å². The summed E-state index contributed by atoms with van der Waals surface area (Å²) in [6.45, 7) is 1.35. The van der Waals surface area contributed by atoms with E-state index < -0.39 is 55.8 Å². The fourth-order valence-electron chi connectivity index (χ4n) is 4.24. The van der Waals surface area contributed by atoms with E-state index >= 15 is 0 Å². The van der Waals surface area contributed by atoms with E-state index in [4.69, 9.17) is 0 Å². The Morgan fingerprint density at radius 1 is 0.659 bits per heavy atom. The Bertz CT molecular complexity index is 1680. The molecule has 41 heavy (non-hydrogen) atoms. The molecule has 1 aromatic carbocycles. The van der Waals surface area contributed by atoms with Crippen LogP contribution in [0.1, 0.15) is 0 Å². The smallest absolute Gasteiger partial charge is 0.296 e. The first-order valence-electron chi connectivity index (χ1n) is 11.8. The van der Waals surface area contributed by atoms with Crippen LogP contribution in [0.4, 0.5) is 23.5 Å². The Balaban J connectivity index is 1.74. The molecule has 3 heterocycles. The largest absolute Gasteiger partial charge is 0.338 e. The number of sulfonamides is 2. The highest BCUT2D eigenvalue weighted by molar-refractivity contribution is 7.88. The van der Waals surface area contributed by atoms with Crippen LogP contribution in [-0.2, 0) is 40.3 Å². The topological polar surface area (TPSA) is 241 Å². The number of hydrogen-bond donors (Lipinski definition) is 3. The van der Waals surface area contributed by atoms with Gasteiger partial charge < -0.3 is 15.1 Å². The normalized spacial score (nSPS) is 18.4. The highest BCUT2D eigenvalue weighted by Gasteiger charge is 2.29. The van der Waals surface area contributed by atoms with Crippen molar-refractivity contribution >= 4 is 63.8 Å². The summed E-state index contributed by atoms with van der Waals surface area (Å²) in [5.41, 5.74) is -0.463. The van der Waals surface area contributed by atoms with Crippen molar-refractivity contribution in [2.45, 2.75) is 9.79 Å². The van der Waals surface area contributed by atoms with Crippen molar-refractivity contribution in [2.24, 2.45) is 0 Å². The maximum atomic E-state index is 12.0. The second-order valence-corrected chi connectivity index (χ2v) is 16.1. The van der Waals surface area contributed by atoms with E-state index in [-0.39, 0.29) is 70.2 Å². The molecule has 0 atom stereocenters. The fourth-order valence-corrected chi connectivity index (χ4v) is 7.03. The Labute approximate surface area is 237 Å². The number of piperazine rings is 2. The Morgan fingerprint density at radius 3 is 1.46 bits per heavy atom. The molecule has 0 bridgehead atoms. The lowest BCUT2D eigenvalue weighted by atomic mass is 10.3. The monoisotopic (exact) mass is 656 g/mol. The minimum absolute atomic E-state index is 0.0792. The van der Waals surface area contributed by atoms with Gasteiger partial charge in [0.25, 0.3) is 20.2 Å². The van der Waals surface area contributed by atoms with E-state index in [1.54, 1.807) is 9.80 Å². The van der Waals surface area contributed by atoms with E-state index in [1.807, 2.05) is 0 Å². The second-order valence-electron chi connectivity index (χ2n) is 9.29. The molecule has 0 radical (unpaired) electrons. The average molecular weight is 657 g/mol. The molecular formula is C19H28N8O10S4. The van der Waals surface area contributed by atoms with Crippen LogP contribution >= 0.6 is 0 Å². The predicted octanol–water partition coefficient (Wildman–Crippen LogP) is -1.73. The van der Waals surface area contributed by atoms with Crippen LogP contribution < -0.4 is 15.1 Å². The highest BCUT2D eigenvalue weighted by atomic mass is 32.2. The van der Waals surface area contributed by atoms with E-state index in [9.17, 15) is 42.8 Å². The number of rotatable bonds is 8. The van der Waals surface area contributed by atoms with Crippen LogP contribution in [0.5, 0.6) is 0 Å². The first-order valence-corrected chi connectivity index (χ1v) is 18.4. The summed E-state index contributed by atoms with van der Waals surface area (Å²) in [6, 6.07) is 2.34. The number of aromatic nitrogens is 3. The molecule has 2 aliphatic rings. The van der Waals surface area contributed by atoms with E-state index in [0.717, 1.165) is 30.7 Å². The van der Waals surface area contributed by atoms with Crippen molar-refractivity contribution in [2.75, 3.05) is 80.0 Å². The molecule has 4 rings (SSSR count). The molecule has 2 fully saturated rings. The van der Waals surface area contributed by atoms with Crippen molar-refractivity contribution in [3.8, 4) is 0 Å². The molecular weight excluding hydrogens is 629 g/mol. The molecule has 3 N–H and O–H groups in total. The molecule has 0 spiro atoms. The van der Waals surface area contributed by atoms with Crippen molar-refractivity contribution in [1.29, 1.82) is 0 Å². The maximum Gasteiger partial charge on any atom is 0.296 e. The van der Waals surface area contributed by atoms with E-state index in [1.165, 1.54) is 8.61 Å². The zero-order valence-electron chi connectivity index (χ0n) is 21.8. The standard InChI is InChI=1S/C19H28N8O10S4/c1-38(28,29)26-9-5-24(6-10-26)18-21-17(22-19(23-18)25-7-11-27(12-8-25)39(2,30)31)20-15-13-14(40(32,33)34)3-4-16(15)41(35,36)37/h3-4,13H,5-12H2,1-2H3,(H,32,33,34)(H,35,36,37)(H,20,21,22,23). The number of nitrogens with zero attached hydrogens (tertiary/aromatic N) is 7. The van der Waals surface area contributed by atoms with Crippen LogP contribution in [0, 0.1) is 0 Å². The lowest BCUT2D eigenvalue weighted by molar-refractivity contribution is 0.383. The van der Waals surface area contributed by atoms with Crippen molar-refractivity contribution in [1.82, 2.24) is 23.6 Å². The number of anilines is 4. The van der Waals surface area contributed by atoms with Gasteiger partial charge in [-0.1, -0.05) is 0 Å². The summed E-state index contributed by atoms with van der Waals surface area (Å²) in [6.07, 6.45) is 2.19. The van der Waals surface area contributed by atoms with Gasteiger partial charge in [0.15, 0.2) is 0 Å². The molecule has 22 heteroatoms. The second kappa shape index (κ2) is 11.2. The highest BCUT2D eigenvalue weighted by Crippen LogP contribution is 2.29. The van der Waals surface area contributed by atoms with Gasteiger partial charge >= 0.3 is 0 Å². The van der Waals surface area contributed by atoms with Gasteiger partial charge in [-0.25, -0.2) is 16.8 Å². The van der Waals surface area contributed by atoms with Crippen LogP contribution in [0.25, 0.3) is 0 Å². The third kappa shape index (κ3) is 7.57. The minimum atomic E-state index is -4.87. The summed E-state index contributed by atoms with van der Waals surface area (Å²) in [5.74, 6) is -0.107. The summed E-state index contributed by atoms with van der Waals surface area (Å²) >= 11 is 0. The minimum Gasteiger partial charge on any atom is -0.338 e. The van der Waals surface area contributed by atoms with E-state index in [2.05, 4.69) is 20.3 Å². The Kier molecular flexibility index (Phi) is 8.50. The third-order valence-electron chi connectivity index (χ3n) is 6.37. The van der Waals surface area contributed by atoms with Crippen LogP contribution in [0.3, 0.4) is 0 Å². The summed E-state index contributed by atoms with van der Waals surface area (Å²) in [7, 11) is -16.5. The number of nitrogens with one attached hydrogen (secondary N) is 1. The van der Waals surface area contributed by atoms with Crippen LogP contribution in [-0.4, -0.2) is 131 Å². The van der Waals surface area contributed by atoms with Crippen LogP contribution in [0.15, 0.2) is 28.0 Å². The molecule has 18 nitrogen and oxygen atoms in total. The number of benzene rings is 1. The molecule has 1 aromatic heterocycles. The molecule has 0 amide bonds. The molecule has 0 unspecified atom stereocenters.